The van der Waals surface area contributed by atoms with Gasteiger partial charge >= 0.3 is 0 Å². The summed E-state index contributed by atoms with van der Waals surface area (Å²) in [4.78, 5) is 0. The standard InChI is InChI=1S/C14H19NO3/c1-17-7-6-12(10-16)15-9-13-8-11-4-2-3-5-14(11)18-13/h2-5,8,12,15-16H,6-7,9-10H2,1H3. The zero-order valence-corrected chi connectivity index (χ0v) is 10.6. The molecule has 1 aromatic carbocycles. The fourth-order valence-corrected chi connectivity index (χ4v) is 1.89. The normalized spacial score (nSPS) is 13.0. The molecule has 1 unspecified atom stereocenters. The third-order valence-corrected chi connectivity index (χ3v) is 2.93. The monoisotopic (exact) mass is 249 g/mol. The van der Waals surface area contributed by atoms with Gasteiger partial charge in [0.15, 0.2) is 0 Å². The highest BCUT2D eigenvalue weighted by atomic mass is 16.5. The average Bonchev–Trinajstić information content (AvgIpc) is 2.81. The molecule has 0 saturated carbocycles. The molecule has 18 heavy (non-hydrogen) atoms. The Labute approximate surface area is 107 Å². The number of ether oxygens (including phenoxy) is 1. The Morgan fingerprint density at radius 1 is 1.39 bits per heavy atom. The lowest BCUT2D eigenvalue weighted by molar-refractivity contribution is 0.158. The zero-order chi connectivity index (χ0) is 12.8. The summed E-state index contributed by atoms with van der Waals surface area (Å²) < 4.78 is 10.7. The van der Waals surface area contributed by atoms with E-state index in [-0.39, 0.29) is 12.6 Å². The highest BCUT2D eigenvalue weighted by Crippen LogP contribution is 2.18. The number of aliphatic hydroxyl groups is 1. The predicted octanol–water partition coefficient (Wildman–Crippen LogP) is 1.92. The summed E-state index contributed by atoms with van der Waals surface area (Å²) >= 11 is 0. The molecule has 1 atom stereocenters. The molecule has 2 aromatic rings. The summed E-state index contributed by atoms with van der Waals surface area (Å²) in [6, 6.07) is 9.98. The minimum absolute atomic E-state index is 0.0400. The molecule has 1 aromatic heterocycles. The molecular weight excluding hydrogens is 230 g/mol. The Hall–Kier alpha value is -1.36. The van der Waals surface area contributed by atoms with E-state index in [4.69, 9.17) is 9.15 Å². The molecule has 98 valence electrons. The van der Waals surface area contributed by atoms with Gasteiger partial charge < -0.3 is 19.6 Å². The van der Waals surface area contributed by atoms with E-state index in [0.717, 1.165) is 23.2 Å². The van der Waals surface area contributed by atoms with Gasteiger partial charge in [0, 0.05) is 25.1 Å². The van der Waals surface area contributed by atoms with Crippen molar-refractivity contribution in [3.8, 4) is 0 Å². The molecule has 1 heterocycles. The maximum Gasteiger partial charge on any atom is 0.134 e. The van der Waals surface area contributed by atoms with Gasteiger partial charge in [0.2, 0.25) is 0 Å². The van der Waals surface area contributed by atoms with Crippen LogP contribution >= 0.6 is 0 Å². The van der Waals surface area contributed by atoms with Crippen LogP contribution in [0, 0.1) is 0 Å². The third-order valence-electron chi connectivity index (χ3n) is 2.93. The largest absolute Gasteiger partial charge is 0.460 e. The molecule has 0 aliphatic carbocycles. The van der Waals surface area contributed by atoms with Gasteiger partial charge in [-0.2, -0.15) is 0 Å². The first kappa shape index (κ1) is 13.1. The van der Waals surface area contributed by atoms with Gasteiger partial charge in [-0.3, -0.25) is 0 Å². The van der Waals surface area contributed by atoms with E-state index >= 15 is 0 Å². The molecule has 0 fully saturated rings. The van der Waals surface area contributed by atoms with E-state index in [2.05, 4.69) is 5.32 Å². The molecule has 4 nitrogen and oxygen atoms in total. The second-order valence-corrected chi connectivity index (χ2v) is 4.29. The molecule has 2 N–H and O–H groups in total. The fourth-order valence-electron chi connectivity index (χ4n) is 1.89. The van der Waals surface area contributed by atoms with Crippen molar-refractivity contribution >= 4 is 11.0 Å². The molecule has 2 rings (SSSR count). The molecule has 0 aliphatic heterocycles. The van der Waals surface area contributed by atoms with Gasteiger partial charge in [0.05, 0.1) is 13.2 Å². The first-order valence-corrected chi connectivity index (χ1v) is 6.14. The van der Waals surface area contributed by atoms with E-state index in [1.165, 1.54) is 0 Å². The summed E-state index contributed by atoms with van der Waals surface area (Å²) in [6.07, 6.45) is 0.785. The Kier molecular flexibility index (Phi) is 4.75. The number of hydrogen-bond acceptors (Lipinski definition) is 4. The van der Waals surface area contributed by atoms with Crippen molar-refractivity contribution < 1.29 is 14.3 Å². The van der Waals surface area contributed by atoms with E-state index in [0.29, 0.717) is 13.2 Å². The molecule has 4 heteroatoms. The van der Waals surface area contributed by atoms with Crippen LogP contribution in [0.4, 0.5) is 0 Å². The molecule has 0 spiro atoms. The van der Waals surface area contributed by atoms with Crippen LogP contribution in [0.5, 0.6) is 0 Å². The van der Waals surface area contributed by atoms with Crippen molar-refractivity contribution in [1.29, 1.82) is 0 Å². The lowest BCUT2D eigenvalue weighted by Gasteiger charge is -2.14. The van der Waals surface area contributed by atoms with Gasteiger partial charge in [-0.05, 0) is 18.6 Å². The highest BCUT2D eigenvalue weighted by molar-refractivity contribution is 5.77. The lowest BCUT2D eigenvalue weighted by atomic mass is 10.2. The van der Waals surface area contributed by atoms with Crippen LogP contribution in [0.3, 0.4) is 0 Å². The van der Waals surface area contributed by atoms with Crippen molar-refractivity contribution in [1.82, 2.24) is 5.32 Å². The Balaban J connectivity index is 1.92. The Bertz CT molecular complexity index is 448. The SMILES string of the molecule is COCCC(CO)NCc1cc2ccccc2o1. The number of nitrogens with one attached hydrogen (secondary N) is 1. The van der Waals surface area contributed by atoms with Crippen LogP contribution in [0.1, 0.15) is 12.2 Å². The minimum Gasteiger partial charge on any atom is -0.460 e. The van der Waals surface area contributed by atoms with Gasteiger partial charge in [-0.25, -0.2) is 0 Å². The van der Waals surface area contributed by atoms with Crippen molar-refractivity contribution in [2.24, 2.45) is 0 Å². The Morgan fingerprint density at radius 2 is 2.22 bits per heavy atom. The lowest BCUT2D eigenvalue weighted by Crippen LogP contribution is -2.32. The maximum absolute atomic E-state index is 9.22. The first-order valence-electron chi connectivity index (χ1n) is 6.14. The minimum atomic E-state index is 0.0400. The number of para-hydroxylation sites is 1. The van der Waals surface area contributed by atoms with Crippen molar-refractivity contribution in [3.05, 3.63) is 36.1 Å². The summed E-state index contributed by atoms with van der Waals surface area (Å²) in [5, 5.41) is 13.6. The molecule has 0 radical (unpaired) electrons. The average molecular weight is 249 g/mol. The van der Waals surface area contributed by atoms with E-state index in [1.54, 1.807) is 7.11 Å². The van der Waals surface area contributed by atoms with Crippen molar-refractivity contribution in [2.75, 3.05) is 20.3 Å². The summed E-state index contributed by atoms with van der Waals surface area (Å²) in [7, 11) is 1.66. The highest BCUT2D eigenvalue weighted by Gasteiger charge is 2.08. The molecule has 0 aliphatic rings. The van der Waals surface area contributed by atoms with Crippen molar-refractivity contribution in [3.63, 3.8) is 0 Å². The fraction of sp³-hybridized carbons (Fsp3) is 0.429. The summed E-state index contributed by atoms with van der Waals surface area (Å²) in [5.74, 6) is 0.882. The summed E-state index contributed by atoms with van der Waals surface area (Å²) in [5.41, 5.74) is 0.895. The number of rotatable bonds is 7. The van der Waals surface area contributed by atoms with Crippen LogP contribution in [-0.2, 0) is 11.3 Å². The quantitative estimate of drug-likeness (QED) is 0.787. The maximum atomic E-state index is 9.22. The van der Waals surface area contributed by atoms with Crippen LogP contribution in [0.25, 0.3) is 11.0 Å². The van der Waals surface area contributed by atoms with Gasteiger partial charge in [-0.15, -0.1) is 0 Å². The Morgan fingerprint density at radius 3 is 2.94 bits per heavy atom. The summed E-state index contributed by atoms with van der Waals surface area (Å²) in [6.45, 7) is 1.35. The number of hydrogen-bond donors (Lipinski definition) is 2. The second-order valence-electron chi connectivity index (χ2n) is 4.29. The van der Waals surface area contributed by atoms with Crippen molar-refractivity contribution in [2.45, 2.75) is 19.0 Å². The number of methoxy groups -OCH3 is 1. The molecule has 0 amide bonds. The molecular formula is C14H19NO3. The van der Waals surface area contributed by atoms with Gasteiger partial charge in [0.25, 0.3) is 0 Å². The van der Waals surface area contributed by atoms with E-state index in [9.17, 15) is 5.11 Å². The van der Waals surface area contributed by atoms with Gasteiger partial charge in [0.1, 0.15) is 11.3 Å². The number of furan rings is 1. The van der Waals surface area contributed by atoms with Crippen LogP contribution in [0.2, 0.25) is 0 Å². The first-order chi connectivity index (χ1) is 8.83. The van der Waals surface area contributed by atoms with E-state index in [1.807, 2.05) is 30.3 Å². The molecule has 0 bridgehead atoms. The number of aliphatic hydroxyl groups excluding tert-OH is 1. The molecule has 0 saturated heterocycles. The van der Waals surface area contributed by atoms with Gasteiger partial charge in [-0.1, -0.05) is 18.2 Å². The third kappa shape index (κ3) is 3.32. The topological polar surface area (TPSA) is 54.6 Å². The van der Waals surface area contributed by atoms with Crippen LogP contribution in [0.15, 0.2) is 34.7 Å². The second kappa shape index (κ2) is 6.54. The number of fused-ring (bicyclic) bond motifs is 1. The predicted molar refractivity (Wildman–Crippen MR) is 70.4 cm³/mol. The number of benzene rings is 1. The van der Waals surface area contributed by atoms with E-state index < -0.39 is 0 Å². The zero-order valence-electron chi connectivity index (χ0n) is 10.6. The van der Waals surface area contributed by atoms with Crippen LogP contribution in [-0.4, -0.2) is 31.5 Å². The van der Waals surface area contributed by atoms with Crippen LogP contribution < -0.4 is 5.32 Å². The smallest absolute Gasteiger partial charge is 0.134 e.